The maximum atomic E-state index is 6.50. The number of aryl methyl sites for hydroxylation is 4. The van der Waals surface area contributed by atoms with E-state index < -0.39 is 18.0 Å². The first kappa shape index (κ1) is 40.6. The quantitative estimate of drug-likeness (QED) is 0.123. The van der Waals surface area contributed by atoms with Crippen LogP contribution in [0.5, 0.6) is 0 Å². The summed E-state index contributed by atoms with van der Waals surface area (Å²) in [6.45, 7) is 12.6. The van der Waals surface area contributed by atoms with Crippen molar-refractivity contribution in [1.29, 1.82) is 0 Å². The molecule has 2 nitrogen and oxygen atoms in total. The third-order valence-corrected chi connectivity index (χ3v) is 29.8. The molecule has 0 bridgehead atoms. The van der Waals surface area contributed by atoms with Crippen molar-refractivity contribution < 1.29 is 26.8 Å². The summed E-state index contributed by atoms with van der Waals surface area (Å²) in [5, 5.41) is 6.46. The van der Waals surface area contributed by atoms with Crippen molar-refractivity contribution in [2.75, 3.05) is 0 Å². The number of benzene rings is 4. The Labute approximate surface area is 343 Å². The molecule has 54 heavy (non-hydrogen) atoms. The Kier molecular flexibility index (Phi) is 13.7. The van der Waals surface area contributed by atoms with Crippen LogP contribution in [0.3, 0.4) is 0 Å². The van der Waals surface area contributed by atoms with E-state index in [-0.39, 0.29) is 5.43 Å². The van der Waals surface area contributed by atoms with Crippen LogP contribution >= 0.6 is 40.2 Å². The summed E-state index contributed by atoms with van der Waals surface area (Å²) in [5.41, 5.74) is 9.26. The summed E-state index contributed by atoms with van der Waals surface area (Å²) >= 11 is 11.3. The van der Waals surface area contributed by atoms with Gasteiger partial charge in [0.05, 0.1) is 23.0 Å². The van der Waals surface area contributed by atoms with Gasteiger partial charge in [0.1, 0.15) is 0 Å². The van der Waals surface area contributed by atoms with E-state index in [2.05, 4.69) is 87.6 Å². The normalized spacial score (nSPS) is 10.9. The zero-order valence-corrected chi connectivity index (χ0v) is 37.8. The van der Waals surface area contributed by atoms with Gasteiger partial charge in [0.2, 0.25) is 0 Å². The zero-order chi connectivity index (χ0) is 38.5. The molecule has 0 radical (unpaired) electrons. The average molecular weight is 888 g/mol. The van der Waals surface area contributed by atoms with Crippen LogP contribution in [-0.4, -0.2) is 5.43 Å². The predicted molar refractivity (Wildman–Crippen MR) is 233 cm³/mol. The molecule has 0 aliphatic heterocycles. The van der Waals surface area contributed by atoms with Gasteiger partial charge in [-0.15, -0.1) is 57.9 Å². The molecule has 0 atom stereocenters. The molecule has 0 saturated heterocycles. The molecule has 2 aromatic heterocycles. The van der Waals surface area contributed by atoms with Crippen molar-refractivity contribution in [3.63, 3.8) is 0 Å². The van der Waals surface area contributed by atoms with Gasteiger partial charge < -0.3 is 8.83 Å². The number of furan rings is 2. The second-order valence-electron chi connectivity index (χ2n) is 13.4. The number of fused-ring (bicyclic) bond motifs is 2. The van der Waals surface area contributed by atoms with E-state index in [4.69, 9.17) is 49.1 Å². The first-order valence-electron chi connectivity index (χ1n) is 18.1. The van der Waals surface area contributed by atoms with Crippen LogP contribution < -0.4 is 0 Å². The van der Waals surface area contributed by atoms with E-state index in [1.807, 2.05) is 74.5 Å². The molecule has 276 valence electrons. The molecule has 0 amide bonds. The monoisotopic (exact) mass is 884 g/mol. The molecule has 0 fully saturated rings. The van der Waals surface area contributed by atoms with E-state index in [1.54, 1.807) is 0 Å². The van der Waals surface area contributed by atoms with Gasteiger partial charge in [0.25, 0.3) is 0 Å². The fourth-order valence-electron chi connectivity index (χ4n) is 6.67. The third kappa shape index (κ3) is 9.13. The van der Waals surface area contributed by atoms with Crippen LogP contribution in [0.25, 0.3) is 66.4 Å². The third-order valence-electron chi connectivity index (χ3n) is 9.43. The van der Waals surface area contributed by atoms with Crippen LogP contribution in [0.4, 0.5) is 0 Å². The molecule has 0 aliphatic rings. The summed E-state index contributed by atoms with van der Waals surface area (Å²) < 4.78 is 11.6. The number of hydrogen-bond donors (Lipinski definition) is 0. The molecule has 0 unspecified atom stereocenters. The van der Waals surface area contributed by atoms with Crippen LogP contribution in [-0.2, 0) is 30.8 Å². The van der Waals surface area contributed by atoms with Crippen LogP contribution in [0.15, 0.2) is 130 Å². The van der Waals surface area contributed by atoms with Crippen molar-refractivity contribution >= 4 is 67.2 Å². The number of rotatable bonds is 6. The van der Waals surface area contributed by atoms with Crippen molar-refractivity contribution in [3.8, 4) is 44.9 Å². The molecule has 0 saturated carbocycles. The molecule has 2 heterocycles. The Hall–Kier alpha value is -3.08. The first-order valence-corrected chi connectivity index (χ1v) is 31.3. The van der Waals surface area contributed by atoms with Gasteiger partial charge >= 0.3 is 53.5 Å². The van der Waals surface area contributed by atoms with Gasteiger partial charge in [-0.05, 0) is 85.3 Å². The van der Waals surface area contributed by atoms with Crippen LogP contribution in [0, 0.1) is 13.8 Å². The molecule has 8 rings (SSSR count). The second-order valence-corrected chi connectivity index (χ2v) is 37.2. The first-order chi connectivity index (χ1) is 26.0. The summed E-state index contributed by atoms with van der Waals surface area (Å²) in [6.07, 6.45) is 1.94. The van der Waals surface area contributed by atoms with E-state index in [9.17, 15) is 0 Å². The molecular weight excluding hydrogens is 846 g/mol. The van der Waals surface area contributed by atoms with Crippen molar-refractivity contribution in [2.45, 2.75) is 53.6 Å². The molecule has 0 aliphatic carbocycles. The Bertz CT molecular complexity index is 2400. The number of halogens is 4. The molecule has 0 N–H and O–H groups in total. The van der Waals surface area contributed by atoms with Gasteiger partial charge in [0, 0.05) is 10.0 Å². The summed E-state index contributed by atoms with van der Waals surface area (Å²) in [4.78, 5) is 0. The topological polar surface area (TPSA) is 26.3 Å². The molecule has 6 aromatic carbocycles. The van der Waals surface area contributed by atoms with Crippen molar-refractivity contribution in [2.24, 2.45) is 0 Å². The standard InChI is InChI=1S/2C22H18ClO.C2H6Si.2ClH.Zr/c2*1-3-15-9-10-16-12-17(21-11-8-14(2)24-21)13-19(16)22(15)18-6-4-5-7-20(18)23;1-3-2;;;/h2*4-13H,3H2,1-2H3;1-2H3;2*1H;/q2*-1;;;;+2/p-2. The summed E-state index contributed by atoms with van der Waals surface area (Å²) in [5.74, 6) is 3.67. The Balaban J connectivity index is 0.000000160. The van der Waals surface area contributed by atoms with Gasteiger partial charge in [-0.3, -0.25) is 0 Å². The minimum atomic E-state index is -1.65. The van der Waals surface area contributed by atoms with E-state index >= 15 is 0 Å². The van der Waals surface area contributed by atoms with Gasteiger partial charge in [-0.1, -0.05) is 108 Å². The SMILES string of the molecule is CCc1ccc2[cH-]c(-c3ccc(C)o3)cc2c1-c1ccccc1Cl.CCc1ccc2[cH-]c(-c3ccc(C)o3)cc2c1-c1ccccc1Cl.C[Si](C)=[Zr]([Cl])[Cl]. The van der Waals surface area contributed by atoms with Gasteiger partial charge in [-0.25, -0.2) is 0 Å². The summed E-state index contributed by atoms with van der Waals surface area (Å²) in [6, 6.07) is 41.8. The van der Waals surface area contributed by atoms with E-state index in [0.717, 1.165) is 68.2 Å². The maximum absolute atomic E-state index is 6.50. The average Bonchev–Trinajstić information content (AvgIpc) is 3.98. The van der Waals surface area contributed by atoms with E-state index in [1.165, 1.54) is 43.8 Å². The second kappa shape index (κ2) is 18.2. The molecule has 8 heteroatoms. The predicted octanol–water partition coefficient (Wildman–Crippen LogP) is 16.2. The summed E-state index contributed by atoms with van der Waals surface area (Å²) in [7, 11) is 11.2. The van der Waals surface area contributed by atoms with Gasteiger partial charge in [0.15, 0.2) is 0 Å². The molecule has 8 aromatic rings. The Morgan fingerprint density at radius 2 is 0.963 bits per heavy atom. The molecule has 0 spiro atoms. The van der Waals surface area contributed by atoms with Crippen molar-refractivity contribution in [1.82, 2.24) is 0 Å². The number of hydrogen-bond acceptors (Lipinski definition) is 2. The fraction of sp³-hybridized carbons (Fsp3) is 0.174. The minimum absolute atomic E-state index is 0.224. The van der Waals surface area contributed by atoms with E-state index in [0.29, 0.717) is 0 Å². The van der Waals surface area contributed by atoms with Crippen LogP contribution in [0.1, 0.15) is 36.5 Å². The van der Waals surface area contributed by atoms with Crippen LogP contribution in [0.2, 0.25) is 23.1 Å². The zero-order valence-electron chi connectivity index (χ0n) is 31.3. The molecular formula is C46H42Cl4O2SiZr-2. The fourth-order valence-corrected chi connectivity index (χ4v) is 7.13. The Morgan fingerprint density at radius 3 is 1.28 bits per heavy atom. The Morgan fingerprint density at radius 1 is 0.574 bits per heavy atom. The van der Waals surface area contributed by atoms with Crippen molar-refractivity contribution in [3.05, 3.63) is 154 Å². The van der Waals surface area contributed by atoms with Gasteiger partial charge in [-0.2, -0.15) is 0 Å².